The molecule has 0 aliphatic heterocycles. The molecule has 0 saturated heterocycles. The summed E-state index contributed by atoms with van der Waals surface area (Å²) in [6.07, 6.45) is -8.23. The van der Waals surface area contributed by atoms with Crippen LogP contribution in [0.4, 0.5) is 13.2 Å². The highest BCUT2D eigenvalue weighted by molar-refractivity contribution is 5.76. The standard InChI is InChI=1S/C5H8F3NO2/c1-9-4(11)2-3(10)5(6,7)8/h3,10H,2H2,1H3,(H,9,11). The van der Waals surface area contributed by atoms with Crippen LogP contribution in [0.5, 0.6) is 0 Å². The monoisotopic (exact) mass is 171 g/mol. The Morgan fingerprint density at radius 3 is 2.36 bits per heavy atom. The molecule has 0 spiro atoms. The van der Waals surface area contributed by atoms with Crippen molar-refractivity contribution >= 4 is 5.91 Å². The zero-order valence-electron chi connectivity index (χ0n) is 5.77. The van der Waals surface area contributed by atoms with E-state index in [9.17, 15) is 18.0 Å². The number of hydrogen-bond acceptors (Lipinski definition) is 2. The second-order valence-corrected chi connectivity index (χ2v) is 1.93. The van der Waals surface area contributed by atoms with Crippen LogP contribution in [0.3, 0.4) is 0 Å². The highest BCUT2D eigenvalue weighted by atomic mass is 19.4. The topological polar surface area (TPSA) is 49.3 Å². The van der Waals surface area contributed by atoms with Crippen molar-refractivity contribution in [3.05, 3.63) is 0 Å². The smallest absolute Gasteiger partial charge is 0.383 e. The zero-order valence-corrected chi connectivity index (χ0v) is 5.77. The van der Waals surface area contributed by atoms with Crippen molar-refractivity contribution in [3.8, 4) is 0 Å². The minimum Gasteiger partial charge on any atom is -0.383 e. The average molecular weight is 171 g/mol. The van der Waals surface area contributed by atoms with Crippen LogP contribution in [0, 0.1) is 0 Å². The summed E-state index contributed by atoms with van der Waals surface area (Å²) in [5.41, 5.74) is 0. The van der Waals surface area contributed by atoms with Gasteiger partial charge in [-0.15, -0.1) is 0 Å². The summed E-state index contributed by atoms with van der Waals surface area (Å²) < 4.78 is 34.5. The third-order valence-electron chi connectivity index (χ3n) is 1.04. The third-order valence-corrected chi connectivity index (χ3v) is 1.04. The zero-order chi connectivity index (χ0) is 9.07. The second-order valence-electron chi connectivity index (χ2n) is 1.93. The van der Waals surface area contributed by atoms with Gasteiger partial charge in [0.05, 0.1) is 6.42 Å². The van der Waals surface area contributed by atoms with E-state index in [2.05, 4.69) is 0 Å². The fourth-order valence-corrected chi connectivity index (χ4v) is 0.393. The largest absolute Gasteiger partial charge is 0.414 e. The van der Waals surface area contributed by atoms with Crippen LogP contribution >= 0.6 is 0 Å². The second kappa shape index (κ2) is 3.56. The number of alkyl halides is 3. The number of carbonyl (C=O) groups excluding carboxylic acids is 1. The molecular weight excluding hydrogens is 163 g/mol. The number of aliphatic hydroxyl groups excluding tert-OH is 1. The van der Waals surface area contributed by atoms with Crippen LogP contribution in [0.25, 0.3) is 0 Å². The van der Waals surface area contributed by atoms with Crippen LogP contribution < -0.4 is 5.32 Å². The lowest BCUT2D eigenvalue weighted by molar-refractivity contribution is -0.205. The quantitative estimate of drug-likeness (QED) is 0.616. The van der Waals surface area contributed by atoms with Crippen LogP contribution in [0.2, 0.25) is 0 Å². The first-order valence-corrected chi connectivity index (χ1v) is 2.83. The van der Waals surface area contributed by atoms with Gasteiger partial charge in [0, 0.05) is 7.05 Å². The lowest BCUT2D eigenvalue weighted by Crippen LogP contribution is -2.34. The molecule has 0 saturated carbocycles. The van der Waals surface area contributed by atoms with Gasteiger partial charge in [0.25, 0.3) is 0 Å². The van der Waals surface area contributed by atoms with Gasteiger partial charge in [-0.1, -0.05) is 0 Å². The van der Waals surface area contributed by atoms with Gasteiger partial charge in [0.15, 0.2) is 6.10 Å². The van der Waals surface area contributed by atoms with Crippen molar-refractivity contribution in [2.45, 2.75) is 18.7 Å². The van der Waals surface area contributed by atoms with Gasteiger partial charge in [-0.2, -0.15) is 13.2 Å². The summed E-state index contributed by atoms with van der Waals surface area (Å²) in [4.78, 5) is 10.3. The summed E-state index contributed by atoms with van der Waals surface area (Å²) in [5, 5.41) is 10.3. The average Bonchev–Trinajstić information content (AvgIpc) is 1.85. The molecule has 11 heavy (non-hydrogen) atoms. The first kappa shape index (κ1) is 10.2. The van der Waals surface area contributed by atoms with Gasteiger partial charge in [-0.05, 0) is 0 Å². The van der Waals surface area contributed by atoms with E-state index in [0.29, 0.717) is 0 Å². The first-order chi connectivity index (χ1) is 4.88. The third kappa shape index (κ3) is 3.82. The molecule has 6 heteroatoms. The van der Waals surface area contributed by atoms with E-state index in [1.807, 2.05) is 5.32 Å². The van der Waals surface area contributed by atoms with Gasteiger partial charge in [0.2, 0.25) is 5.91 Å². The number of rotatable bonds is 2. The number of halogens is 3. The molecule has 0 bridgehead atoms. The highest BCUT2D eigenvalue weighted by Gasteiger charge is 2.39. The Bertz CT molecular complexity index is 145. The van der Waals surface area contributed by atoms with Gasteiger partial charge < -0.3 is 10.4 Å². The fourth-order valence-electron chi connectivity index (χ4n) is 0.393. The number of carbonyl (C=O) groups is 1. The number of hydrogen-bond donors (Lipinski definition) is 2. The maximum absolute atomic E-state index is 11.5. The van der Waals surface area contributed by atoms with Crippen molar-refractivity contribution in [2.75, 3.05) is 7.05 Å². The van der Waals surface area contributed by atoms with E-state index >= 15 is 0 Å². The normalized spacial score (nSPS) is 14.3. The number of nitrogens with one attached hydrogen (secondary N) is 1. The van der Waals surface area contributed by atoms with E-state index in [-0.39, 0.29) is 0 Å². The predicted molar refractivity (Wildman–Crippen MR) is 30.7 cm³/mol. The van der Waals surface area contributed by atoms with Gasteiger partial charge in [0.1, 0.15) is 0 Å². The van der Waals surface area contributed by atoms with Crippen molar-refractivity contribution < 1.29 is 23.1 Å². The molecule has 66 valence electrons. The molecule has 3 nitrogen and oxygen atoms in total. The Balaban J connectivity index is 3.87. The summed E-state index contributed by atoms with van der Waals surface area (Å²) in [7, 11) is 1.20. The summed E-state index contributed by atoms with van der Waals surface area (Å²) >= 11 is 0. The molecule has 0 aromatic carbocycles. The SMILES string of the molecule is CNC(=O)CC(O)C(F)(F)F. The van der Waals surface area contributed by atoms with E-state index in [1.54, 1.807) is 0 Å². The molecule has 0 heterocycles. The lowest BCUT2D eigenvalue weighted by atomic mass is 10.2. The van der Waals surface area contributed by atoms with Crippen LogP contribution in [-0.4, -0.2) is 30.3 Å². The molecule has 0 aromatic heterocycles. The Morgan fingerprint density at radius 2 is 2.09 bits per heavy atom. The van der Waals surface area contributed by atoms with Crippen molar-refractivity contribution in [1.82, 2.24) is 5.32 Å². The minimum absolute atomic E-state index is 0.838. The predicted octanol–water partition coefficient (Wildman–Crippen LogP) is 0.0457. The molecule has 1 unspecified atom stereocenters. The molecule has 0 radical (unpaired) electrons. The van der Waals surface area contributed by atoms with Crippen molar-refractivity contribution in [1.29, 1.82) is 0 Å². The maximum Gasteiger partial charge on any atom is 0.414 e. The highest BCUT2D eigenvalue weighted by Crippen LogP contribution is 2.21. The van der Waals surface area contributed by atoms with Crippen molar-refractivity contribution in [2.24, 2.45) is 0 Å². The molecular formula is C5H8F3NO2. The fraction of sp³-hybridized carbons (Fsp3) is 0.800. The van der Waals surface area contributed by atoms with Crippen LogP contribution in [-0.2, 0) is 4.79 Å². The Hall–Kier alpha value is -0.780. The number of amides is 1. The molecule has 2 N–H and O–H groups in total. The van der Waals surface area contributed by atoms with E-state index < -0.39 is 24.6 Å². The minimum atomic E-state index is -4.72. The van der Waals surface area contributed by atoms with Crippen molar-refractivity contribution in [3.63, 3.8) is 0 Å². The van der Waals surface area contributed by atoms with Crippen LogP contribution in [0.15, 0.2) is 0 Å². The van der Waals surface area contributed by atoms with Gasteiger partial charge >= 0.3 is 6.18 Å². The van der Waals surface area contributed by atoms with E-state index in [4.69, 9.17) is 5.11 Å². The molecule has 0 aliphatic rings. The molecule has 0 fully saturated rings. The molecule has 1 amide bonds. The first-order valence-electron chi connectivity index (χ1n) is 2.83. The molecule has 1 atom stereocenters. The van der Waals surface area contributed by atoms with E-state index in [1.165, 1.54) is 7.05 Å². The summed E-state index contributed by atoms with van der Waals surface area (Å²) in [6, 6.07) is 0. The Labute approximate surface area is 61.2 Å². The molecule has 0 aromatic rings. The van der Waals surface area contributed by atoms with E-state index in [0.717, 1.165) is 0 Å². The number of aliphatic hydroxyl groups is 1. The summed E-state index contributed by atoms with van der Waals surface area (Å²) in [5.74, 6) is -0.838. The lowest BCUT2D eigenvalue weighted by Gasteiger charge is -2.12. The Morgan fingerprint density at radius 1 is 1.64 bits per heavy atom. The molecule has 0 aliphatic carbocycles. The van der Waals surface area contributed by atoms with Crippen LogP contribution in [0.1, 0.15) is 6.42 Å². The Kier molecular flexibility index (Phi) is 3.31. The van der Waals surface area contributed by atoms with Gasteiger partial charge in [-0.25, -0.2) is 0 Å². The van der Waals surface area contributed by atoms with Gasteiger partial charge in [-0.3, -0.25) is 4.79 Å². The summed E-state index contributed by atoms with van der Waals surface area (Å²) in [6.45, 7) is 0. The molecule has 0 rings (SSSR count). The maximum atomic E-state index is 11.5.